The molecule has 0 aromatic rings. The smallest absolute Gasteiger partial charge is 0.333 e. The van der Waals surface area contributed by atoms with Crippen LogP contribution in [0.2, 0.25) is 0 Å². The fraction of sp³-hybridized carbons (Fsp3) is 0.769. The molecule has 0 N–H and O–H groups in total. The Morgan fingerprint density at radius 2 is 1.93 bits per heavy atom. The molecule has 15 heavy (non-hydrogen) atoms. The number of rotatable bonds is 4. The van der Waals surface area contributed by atoms with Crippen LogP contribution in [-0.4, -0.2) is 12.6 Å². The van der Waals surface area contributed by atoms with Crippen molar-refractivity contribution in [2.24, 2.45) is 0 Å². The van der Waals surface area contributed by atoms with Crippen LogP contribution in [0.3, 0.4) is 0 Å². The third-order valence-electron chi connectivity index (χ3n) is 3.02. The zero-order valence-corrected chi connectivity index (χ0v) is 9.97. The number of hydrogen-bond acceptors (Lipinski definition) is 2. The van der Waals surface area contributed by atoms with Crippen LogP contribution in [0.25, 0.3) is 0 Å². The van der Waals surface area contributed by atoms with E-state index in [1.165, 1.54) is 24.8 Å². The van der Waals surface area contributed by atoms with Crippen molar-refractivity contribution in [3.8, 4) is 0 Å². The molecule has 2 heteroatoms. The molecule has 0 saturated heterocycles. The van der Waals surface area contributed by atoms with Crippen molar-refractivity contribution in [2.45, 2.75) is 58.8 Å². The van der Waals surface area contributed by atoms with E-state index in [0.717, 1.165) is 31.3 Å². The van der Waals surface area contributed by atoms with Gasteiger partial charge in [0.25, 0.3) is 0 Å². The average molecular weight is 210 g/mol. The Morgan fingerprint density at radius 3 is 2.53 bits per heavy atom. The van der Waals surface area contributed by atoms with E-state index in [1.807, 2.05) is 6.92 Å². The maximum absolute atomic E-state index is 11.6. The van der Waals surface area contributed by atoms with Crippen LogP contribution in [0.5, 0.6) is 0 Å². The van der Waals surface area contributed by atoms with Crippen LogP contribution < -0.4 is 0 Å². The van der Waals surface area contributed by atoms with Crippen LogP contribution >= 0.6 is 0 Å². The molecule has 0 unspecified atom stereocenters. The monoisotopic (exact) mass is 210 g/mol. The maximum atomic E-state index is 11.6. The summed E-state index contributed by atoms with van der Waals surface area (Å²) in [6.07, 6.45) is 7.99. The number of hydrogen-bond donors (Lipinski definition) is 0. The summed E-state index contributed by atoms with van der Waals surface area (Å²) in [4.78, 5) is 11.6. The quantitative estimate of drug-likeness (QED) is 0.402. The van der Waals surface area contributed by atoms with Gasteiger partial charge in [-0.1, -0.05) is 25.3 Å². The highest BCUT2D eigenvalue weighted by Crippen LogP contribution is 2.26. The molecule has 0 heterocycles. The number of esters is 1. The second-order valence-corrected chi connectivity index (χ2v) is 4.28. The van der Waals surface area contributed by atoms with Crippen molar-refractivity contribution < 1.29 is 9.53 Å². The molecule has 0 amide bonds. The van der Waals surface area contributed by atoms with E-state index < -0.39 is 0 Å². The number of unbranched alkanes of at least 4 members (excludes halogenated alkanes) is 1. The van der Waals surface area contributed by atoms with Crippen LogP contribution in [0.1, 0.15) is 58.8 Å². The topological polar surface area (TPSA) is 26.3 Å². The lowest BCUT2D eigenvalue weighted by atomic mass is 9.91. The van der Waals surface area contributed by atoms with E-state index in [9.17, 15) is 4.79 Å². The summed E-state index contributed by atoms with van der Waals surface area (Å²) in [7, 11) is 0. The molecule has 1 aliphatic carbocycles. The van der Waals surface area contributed by atoms with E-state index in [1.54, 1.807) is 0 Å². The Morgan fingerprint density at radius 1 is 1.27 bits per heavy atom. The summed E-state index contributed by atoms with van der Waals surface area (Å²) in [6, 6.07) is 0. The van der Waals surface area contributed by atoms with E-state index >= 15 is 0 Å². The van der Waals surface area contributed by atoms with E-state index in [2.05, 4.69) is 6.92 Å². The van der Waals surface area contributed by atoms with Crippen LogP contribution in [-0.2, 0) is 9.53 Å². The first-order chi connectivity index (χ1) is 7.25. The summed E-state index contributed by atoms with van der Waals surface area (Å²) < 4.78 is 5.20. The van der Waals surface area contributed by atoms with Gasteiger partial charge >= 0.3 is 5.97 Å². The van der Waals surface area contributed by atoms with Gasteiger partial charge in [0.15, 0.2) is 0 Å². The number of ether oxygens (including phenoxy) is 1. The molecular formula is C13H22O2. The van der Waals surface area contributed by atoms with Crippen LogP contribution in [0.4, 0.5) is 0 Å². The highest BCUT2D eigenvalue weighted by atomic mass is 16.5. The molecule has 1 saturated carbocycles. The second kappa shape index (κ2) is 6.65. The van der Waals surface area contributed by atoms with E-state index in [-0.39, 0.29) is 5.97 Å². The van der Waals surface area contributed by atoms with Gasteiger partial charge in [-0.25, -0.2) is 4.79 Å². The Labute approximate surface area is 92.7 Å². The lowest BCUT2D eigenvalue weighted by Gasteiger charge is -2.16. The molecular weight excluding hydrogens is 188 g/mol. The molecule has 2 nitrogen and oxygen atoms in total. The summed E-state index contributed by atoms with van der Waals surface area (Å²) in [6.45, 7) is 4.58. The Hall–Kier alpha value is -0.790. The fourth-order valence-electron chi connectivity index (χ4n) is 1.92. The third kappa shape index (κ3) is 4.06. The van der Waals surface area contributed by atoms with Crippen LogP contribution in [0, 0.1) is 0 Å². The Balaban J connectivity index is 2.42. The largest absolute Gasteiger partial charge is 0.462 e. The summed E-state index contributed by atoms with van der Waals surface area (Å²) in [5, 5.41) is 0. The van der Waals surface area contributed by atoms with Gasteiger partial charge < -0.3 is 4.74 Å². The van der Waals surface area contributed by atoms with E-state index in [0.29, 0.717) is 6.61 Å². The van der Waals surface area contributed by atoms with Gasteiger partial charge in [0.05, 0.1) is 6.61 Å². The minimum Gasteiger partial charge on any atom is -0.462 e. The second-order valence-electron chi connectivity index (χ2n) is 4.28. The van der Waals surface area contributed by atoms with Gasteiger partial charge in [-0.15, -0.1) is 0 Å². The number of carbonyl (C=O) groups is 1. The first-order valence-corrected chi connectivity index (χ1v) is 6.11. The van der Waals surface area contributed by atoms with Crippen molar-refractivity contribution in [2.75, 3.05) is 6.61 Å². The van der Waals surface area contributed by atoms with Gasteiger partial charge in [-0.2, -0.15) is 0 Å². The SMILES string of the molecule is CCCCOC(=O)C(C)=C1CCCCC1. The first-order valence-electron chi connectivity index (χ1n) is 6.11. The molecule has 0 spiro atoms. The molecule has 86 valence electrons. The molecule has 0 radical (unpaired) electrons. The van der Waals surface area contributed by atoms with Gasteiger partial charge in [-0.3, -0.25) is 0 Å². The van der Waals surface area contributed by atoms with Crippen LogP contribution in [0.15, 0.2) is 11.1 Å². The predicted octanol–water partition coefficient (Wildman–Crippen LogP) is 3.61. The maximum Gasteiger partial charge on any atom is 0.333 e. The number of allylic oxidation sites excluding steroid dienone is 1. The van der Waals surface area contributed by atoms with Gasteiger partial charge in [-0.05, 0) is 39.0 Å². The molecule has 0 bridgehead atoms. The lowest BCUT2D eigenvalue weighted by molar-refractivity contribution is -0.139. The summed E-state index contributed by atoms with van der Waals surface area (Å²) in [5.74, 6) is -0.0969. The molecule has 0 aliphatic heterocycles. The van der Waals surface area contributed by atoms with Gasteiger partial charge in [0, 0.05) is 5.57 Å². The zero-order chi connectivity index (χ0) is 11.1. The van der Waals surface area contributed by atoms with Crippen molar-refractivity contribution >= 4 is 5.97 Å². The zero-order valence-electron chi connectivity index (χ0n) is 9.97. The molecule has 1 rings (SSSR count). The minimum atomic E-state index is -0.0969. The summed E-state index contributed by atoms with van der Waals surface area (Å²) in [5.41, 5.74) is 2.19. The van der Waals surface area contributed by atoms with Crippen molar-refractivity contribution in [3.63, 3.8) is 0 Å². The third-order valence-corrected chi connectivity index (χ3v) is 3.02. The van der Waals surface area contributed by atoms with Crippen molar-refractivity contribution in [3.05, 3.63) is 11.1 Å². The first kappa shape index (κ1) is 12.3. The van der Waals surface area contributed by atoms with Crippen molar-refractivity contribution in [1.29, 1.82) is 0 Å². The molecule has 1 fully saturated rings. The van der Waals surface area contributed by atoms with E-state index in [4.69, 9.17) is 4.74 Å². The molecule has 0 atom stereocenters. The summed E-state index contributed by atoms with van der Waals surface area (Å²) >= 11 is 0. The highest BCUT2D eigenvalue weighted by Gasteiger charge is 2.14. The average Bonchev–Trinajstić information content (AvgIpc) is 2.29. The molecule has 0 aromatic carbocycles. The van der Waals surface area contributed by atoms with Gasteiger partial charge in [0.1, 0.15) is 0 Å². The fourth-order valence-corrected chi connectivity index (χ4v) is 1.92. The highest BCUT2D eigenvalue weighted by molar-refractivity contribution is 5.88. The molecule has 1 aliphatic rings. The Bertz CT molecular complexity index is 233. The normalized spacial score (nSPS) is 16.3. The standard InChI is InChI=1S/C13H22O2/c1-3-4-10-15-13(14)11(2)12-8-6-5-7-9-12/h3-10H2,1-2H3. The van der Waals surface area contributed by atoms with Gasteiger partial charge in [0.2, 0.25) is 0 Å². The molecule has 0 aromatic heterocycles. The van der Waals surface area contributed by atoms with Crippen molar-refractivity contribution in [1.82, 2.24) is 0 Å². The number of carbonyl (C=O) groups excluding carboxylic acids is 1. The Kier molecular flexibility index (Phi) is 5.44. The lowest BCUT2D eigenvalue weighted by Crippen LogP contribution is -2.10. The minimum absolute atomic E-state index is 0.0969. The predicted molar refractivity (Wildman–Crippen MR) is 61.7 cm³/mol.